The highest BCUT2D eigenvalue weighted by atomic mass is 32.2. The van der Waals surface area contributed by atoms with Crippen molar-refractivity contribution in [3.8, 4) is 11.5 Å². The molecule has 0 atom stereocenters. The molecule has 0 unspecified atom stereocenters. The molecule has 224 valence electrons. The molecule has 0 spiro atoms. The number of thiophene rings is 1. The van der Waals surface area contributed by atoms with E-state index in [-0.39, 0.29) is 11.5 Å². The normalized spacial score (nSPS) is 15.4. The lowest BCUT2D eigenvalue weighted by Gasteiger charge is -2.13. The fraction of sp³-hybridized carbons (Fsp3) is 0.312. The van der Waals surface area contributed by atoms with Crippen LogP contribution in [0.4, 0.5) is 9.80 Å². The Balaban J connectivity index is 1.26. The Labute approximate surface area is 258 Å². The van der Waals surface area contributed by atoms with E-state index in [0.29, 0.717) is 34.2 Å². The molecular weight excluding hydrogens is 588 g/mol. The molecule has 0 radical (unpaired) electrons. The third-order valence-corrected chi connectivity index (χ3v) is 9.16. The lowest BCUT2D eigenvalue weighted by molar-refractivity contribution is -0.127. The van der Waals surface area contributed by atoms with Gasteiger partial charge in [-0.3, -0.25) is 19.3 Å². The van der Waals surface area contributed by atoms with E-state index < -0.39 is 29.6 Å². The maximum Gasteiger partial charge on any atom is 0.341 e. The quantitative estimate of drug-likeness (QED) is 0.206. The van der Waals surface area contributed by atoms with Gasteiger partial charge >= 0.3 is 5.97 Å². The molecule has 1 N–H and O–H groups in total. The molecule has 1 aliphatic carbocycles. The highest BCUT2D eigenvalue weighted by Gasteiger charge is 2.37. The Bertz CT molecular complexity index is 1610. The minimum absolute atomic E-state index is 0.187. The van der Waals surface area contributed by atoms with Gasteiger partial charge in [0.15, 0.2) is 11.5 Å². The van der Waals surface area contributed by atoms with E-state index in [0.717, 1.165) is 63.9 Å². The zero-order chi connectivity index (χ0) is 30.5. The van der Waals surface area contributed by atoms with E-state index >= 15 is 0 Å². The van der Waals surface area contributed by atoms with Gasteiger partial charge in [-0.2, -0.15) is 0 Å². The van der Waals surface area contributed by atoms with Crippen LogP contribution in [0.15, 0.2) is 47.4 Å². The second-order valence-corrected chi connectivity index (χ2v) is 12.2. The van der Waals surface area contributed by atoms with Crippen molar-refractivity contribution >= 4 is 57.2 Å². The summed E-state index contributed by atoms with van der Waals surface area (Å²) in [5, 5.41) is 2.61. The van der Waals surface area contributed by atoms with Gasteiger partial charge in [0.05, 0.1) is 24.2 Å². The number of amides is 3. The van der Waals surface area contributed by atoms with Crippen molar-refractivity contribution in [2.75, 3.05) is 25.6 Å². The zero-order valence-corrected chi connectivity index (χ0v) is 25.8. The molecule has 9 nitrogen and oxygen atoms in total. The van der Waals surface area contributed by atoms with Crippen molar-refractivity contribution in [3.63, 3.8) is 0 Å². The molecule has 2 aliphatic rings. The molecule has 2 aromatic carbocycles. The van der Waals surface area contributed by atoms with E-state index in [1.165, 1.54) is 18.4 Å². The van der Waals surface area contributed by atoms with Crippen LogP contribution in [-0.2, 0) is 33.8 Å². The van der Waals surface area contributed by atoms with Crippen LogP contribution < -0.4 is 14.8 Å². The van der Waals surface area contributed by atoms with Crippen molar-refractivity contribution in [3.05, 3.63) is 80.1 Å². The molecule has 1 aromatic heterocycles. The summed E-state index contributed by atoms with van der Waals surface area (Å²) in [6.07, 6.45) is 5.14. The standard InChI is InChI=1S/C32H32N2O7S2/c1-4-40-31(37)28-22-10-5-6-11-25(22)42-29(28)33-27(35)17-34-30(36)26(43-32(34)38)16-20-12-13-23(24(15-20)39-3)41-18-21-9-7-8-19(2)14-21/h7-9,12-16H,4-6,10-11,17-18H2,1-3H3,(H,33,35)/b26-16+. The largest absolute Gasteiger partial charge is 0.493 e. The van der Waals surface area contributed by atoms with Gasteiger partial charge in [-0.1, -0.05) is 35.9 Å². The topological polar surface area (TPSA) is 111 Å². The number of ether oxygens (including phenoxy) is 3. The van der Waals surface area contributed by atoms with Crippen LogP contribution in [0.1, 0.15) is 57.3 Å². The van der Waals surface area contributed by atoms with Crippen LogP contribution in [0, 0.1) is 6.92 Å². The maximum atomic E-state index is 13.1. The first-order valence-corrected chi connectivity index (χ1v) is 15.6. The lowest BCUT2D eigenvalue weighted by atomic mass is 9.95. The molecule has 1 aliphatic heterocycles. The van der Waals surface area contributed by atoms with Gasteiger partial charge in [-0.05, 0) is 86.2 Å². The van der Waals surface area contributed by atoms with Crippen LogP contribution in [0.25, 0.3) is 6.08 Å². The minimum Gasteiger partial charge on any atom is -0.493 e. The number of nitrogens with one attached hydrogen (secondary N) is 1. The van der Waals surface area contributed by atoms with Crippen LogP contribution >= 0.6 is 23.1 Å². The number of hydrogen-bond acceptors (Lipinski definition) is 9. The number of imide groups is 1. The Morgan fingerprint density at radius 3 is 2.65 bits per heavy atom. The van der Waals surface area contributed by atoms with Crippen LogP contribution in [-0.4, -0.2) is 48.2 Å². The van der Waals surface area contributed by atoms with E-state index in [9.17, 15) is 19.2 Å². The summed E-state index contributed by atoms with van der Waals surface area (Å²) in [4.78, 5) is 53.8. The molecule has 1 saturated heterocycles. The molecule has 43 heavy (non-hydrogen) atoms. The van der Waals surface area contributed by atoms with E-state index in [1.807, 2.05) is 31.2 Å². The predicted molar refractivity (Wildman–Crippen MR) is 167 cm³/mol. The molecule has 0 saturated carbocycles. The number of nitrogens with zero attached hydrogens (tertiary/aromatic N) is 1. The molecule has 2 heterocycles. The van der Waals surface area contributed by atoms with Gasteiger partial charge in [-0.15, -0.1) is 11.3 Å². The highest BCUT2D eigenvalue weighted by molar-refractivity contribution is 8.18. The Kier molecular flexibility index (Phi) is 9.52. The molecule has 5 rings (SSSR count). The number of fused-ring (bicyclic) bond motifs is 1. The first-order valence-electron chi connectivity index (χ1n) is 14.0. The molecule has 3 aromatic rings. The number of rotatable bonds is 10. The Morgan fingerprint density at radius 1 is 1.07 bits per heavy atom. The van der Waals surface area contributed by atoms with Gasteiger partial charge in [0.25, 0.3) is 11.1 Å². The second-order valence-electron chi connectivity index (χ2n) is 10.1. The second kappa shape index (κ2) is 13.5. The van der Waals surface area contributed by atoms with Gasteiger partial charge < -0.3 is 19.5 Å². The average molecular weight is 621 g/mol. The summed E-state index contributed by atoms with van der Waals surface area (Å²) in [6.45, 7) is 3.86. The number of esters is 1. The molecule has 11 heteroatoms. The van der Waals surface area contributed by atoms with Gasteiger partial charge in [0.1, 0.15) is 18.2 Å². The summed E-state index contributed by atoms with van der Waals surface area (Å²) in [7, 11) is 1.53. The lowest BCUT2D eigenvalue weighted by Crippen LogP contribution is -2.36. The third-order valence-electron chi connectivity index (χ3n) is 7.04. The van der Waals surface area contributed by atoms with Crippen LogP contribution in [0.3, 0.4) is 0 Å². The van der Waals surface area contributed by atoms with E-state index in [4.69, 9.17) is 14.2 Å². The van der Waals surface area contributed by atoms with Crippen molar-refractivity contribution in [2.45, 2.75) is 46.1 Å². The molecular formula is C32H32N2O7S2. The maximum absolute atomic E-state index is 13.1. The number of carbonyl (C=O) groups is 4. The predicted octanol–water partition coefficient (Wildman–Crippen LogP) is 6.37. The number of hydrogen-bond donors (Lipinski definition) is 1. The summed E-state index contributed by atoms with van der Waals surface area (Å²) in [5.74, 6) is -0.586. The molecule has 3 amide bonds. The van der Waals surface area contributed by atoms with Gasteiger partial charge in [-0.25, -0.2) is 4.79 Å². The zero-order valence-electron chi connectivity index (χ0n) is 24.2. The van der Waals surface area contributed by atoms with E-state index in [1.54, 1.807) is 31.2 Å². The highest BCUT2D eigenvalue weighted by Crippen LogP contribution is 2.39. The van der Waals surface area contributed by atoms with Crippen molar-refractivity contribution < 1.29 is 33.4 Å². The first-order chi connectivity index (χ1) is 20.8. The Morgan fingerprint density at radius 2 is 1.88 bits per heavy atom. The van der Waals surface area contributed by atoms with Crippen molar-refractivity contribution in [1.29, 1.82) is 0 Å². The van der Waals surface area contributed by atoms with Crippen molar-refractivity contribution in [2.24, 2.45) is 0 Å². The number of methoxy groups -OCH3 is 1. The van der Waals surface area contributed by atoms with Gasteiger partial charge in [0.2, 0.25) is 5.91 Å². The third kappa shape index (κ3) is 6.94. The number of aryl methyl sites for hydroxylation is 2. The van der Waals surface area contributed by atoms with Crippen LogP contribution in [0.2, 0.25) is 0 Å². The number of benzene rings is 2. The molecule has 1 fully saturated rings. The summed E-state index contributed by atoms with van der Waals surface area (Å²) in [6, 6.07) is 13.3. The molecule has 0 bridgehead atoms. The van der Waals surface area contributed by atoms with Gasteiger partial charge in [0, 0.05) is 4.88 Å². The monoisotopic (exact) mass is 620 g/mol. The summed E-state index contributed by atoms with van der Waals surface area (Å²) in [5.41, 5.74) is 4.10. The SMILES string of the molecule is CCOC(=O)c1c(NC(=O)CN2C(=O)S/C(=C/c3ccc(OCc4cccc(C)c4)c(OC)c3)C2=O)sc2c1CCCC2. The Hall–Kier alpha value is -4.09. The first kappa shape index (κ1) is 30.4. The van der Waals surface area contributed by atoms with Crippen molar-refractivity contribution in [1.82, 2.24) is 4.90 Å². The number of anilines is 1. The van der Waals surface area contributed by atoms with E-state index in [2.05, 4.69) is 5.32 Å². The fourth-order valence-corrected chi connectivity index (χ4v) is 7.16. The van der Waals surface area contributed by atoms with Crippen LogP contribution in [0.5, 0.6) is 11.5 Å². The smallest absolute Gasteiger partial charge is 0.341 e. The fourth-order valence-electron chi connectivity index (χ4n) is 5.03. The average Bonchev–Trinajstić information content (AvgIpc) is 3.48. The number of thioether (sulfide) groups is 1. The minimum atomic E-state index is -0.569. The summed E-state index contributed by atoms with van der Waals surface area (Å²) < 4.78 is 16.7. The number of carbonyl (C=O) groups excluding carboxylic acids is 4. The summed E-state index contributed by atoms with van der Waals surface area (Å²) >= 11 is 2.12.